The minimum atomic E-state index is 0.706. The van der Waals surface area contributed by atoms with E-state index in [9.17, 15) is 0 Å². The summed E-state index contributed by atoms with van der Waals surface area (Å²) in [7, 11) is 2.06. The van der Waals surface area contributed by atoms with Gasteiger partial charge in [-0.2, -0.15) is 0 Å². The van der Waals surface area contributed by atoms with Crippen LogP contribution in [0.15, 0.2) is 36.7 Å². The van der Waals surface area contributed by atoms with Gasteiger partial charge in [-0.15, -0.1) is 0 Å². The predicted octanol–water partition coefficient (Wildman–Crippen LogP) is 3.35. The zero-order valence-corrected chi connectivity index (χ0v) is 14.8. The lowest BCUT2D eigenvalue weighted by atomic mass is 10.0. The molecule has 0 fully saturated rings. The van der Waals surface area contributed by atoms with E-state index in [1.165, 1.54) is 5.56 Å². The molecule has 3 aromatic rings. The Hall–Kier alpha value is -2.60. The molecule has 6 heteroatoms. The van der Waals surface area contributed by atoms with Crippen molar-refractivity contribution in [1.29, 1.82) is 5.41 Å². The van der Waals surface area contributed by atoms with Crippen LogP contribution in [0.25, 0.3) is 11.2 Å². The molecule has 130 valence electrons. The number of nitrogens with zero attached hydrogens (tertiary/aromatic N) is 4. The van der Waals surface area contributed by atoms with Gasteiger partial charge in [0, 0.05) is 24.7 Å². The Morgan fingerprint density at radius 2 is 1.96 bits per heavy atom. The van der Waals surface area contributed by atoms with Crippen LogP contribution < -0.4 is 0 Å². The van der Waals surface area contributed by atoms with E-state index in [0.29, 0.717) is 6.54 Å². The number of fused-ring (bicyclic) bond motifs is 1. The molecule has 0 radical (unpaired) electrons. The second-order valence-electron chi connectivity index (χ2n) is 6.30. The van der Waals surface area contributed by atoms with Crippen molar-refractivity contribution in [3.63, 3.8) is 0 Å². The van der Waals surface area contributed by atoms with Crippen molar-refractivity contribution in [3.05, 3.63) is 53.7 Å². The van der Waals surface area contributed by atoms with E-state index in [0.717, 1.165) is 54.2 Å². The van der Waals surface area contributed by atoms with Gasteiger partial charge in [-0.05, 0) is 50.1 Å². The zero-order chi connectivity index (χ0) is 17.6. The van der Waals surface area contributed by atoms with E-state index in [1.54, 1.807) is 6.20 Å². The second kappa shape index (κ2) is 7.98. The first-order chi connectivity index (χ1) is 12.2. The van der Waals surface area contributed by atoms with Gasteiger partial charge in [0.15, 0.2) is 5.65 Å². The maximum atomic E-state index is 7.85. The average Bonchev–Trinajstić information content (AvgIpc) is 3.02. The highest BCUT2D eigenvalue weighted by molar-refractivity contribution is 5.81. The monoisotopic (exact) mass is 336 g/mol. The average molecular weight is 336 g/mol. The summed E-state index contributed by atoms with van der Waals surface area (Å²) in [6.45, 7) is 3.49. The molecule has 3 rings (SSSR count). The van der Waals surface area contributed by atoms with Crippen LogP contribution >= 0.6 is 0 Å². The number of imidazole rings is 1. The van der Waals surface area contributed by atoms with Gasteiger partial charge in [-0.3, -0.25) is 9.88 Å². The van der Waals surface area contributed by atoms with Gasteiger partial charge in [-0.25, -0.2) is 9.97 Å². The number of aryl methyl sites for hydroxylation is 1. The summed E-state index contributed by atoms with van der Waals surface area (Å²) in [5.41, 5.74) is 4.80. The highest BCUT2D eigenvalue weighted by Gasteiger charge is 2.10. The Bertz CT molecular complexity index is 821. The van der Waals surface area contributed by atoms with E-state index in [1.807, 2.05) is 31.3 Å². The number of aromatic nitrogens is 4. The molecule has 0 bridgehead atoms. The third kappa shape index (κ3) is 4.48. The topological polar surface area (TPSA) is 81.6 Å². The molecule has 2 N–H and O–H groups in total. The molecule has 0 aliphatic carbocycles. The van der Waals surface area contributed by atoms with Crippen LogP contribution in [-0.2, 0) is 19.5 Å². The summed E-state index contributed by atoms with van der Waals surface area (Å²) < 4.78 is 0. The molecule has 0 saturated heterocycles. The number of nitrogens with one attached hydrogen (secondary N) is 2. The van der Waals surface area contributed by atoms with Crippen molar-refractivity contribution < 1.29 is 0 Å². The first kappa shape index (κ1) is 17.2. The predicted molar refractivity (Wildman–Crippen MR) is 99.6 cm³/mol. The number of hydrogen-bond acceptors (Lipinski definition) is 5. The molecule has 0 atom stereocenters. The lowest BCUT2D eigenvalue weighted by Crippen LogP contribution is -2.20. The first-order valence-corrected chi connectivity index (χ1v) is 8.63. The van der Waals surface area contributed by atoms with Gasteiger partial charge in [0.1, 0.15) is 5.82 Å². The number of rotatable bonds is 8. The molecule has 0 unspecified atom stereocenters. The fourth-order valence-electron chi connectivity index (χ4n) is 2.84. The number of H-pyrrole nitrogens is 1. The Kier molecular flexibility index (Phi) is 5.50. The standard InChI is InChI=1S/C19H24N6/c1-3-15(20)9-8-14-6-4-10-21-17(14)12-25(2)13-18-23-16-7-5-11-22-19(16)24-18/h4-7,10-11,20H,3,8-9,12-13H2,1-2H3,(H,22,23,24). The lowest BCUT2D eigenvalue weighted by Gasteiger charge is -2.17. The zero-order valence-electron chi connectivity index (χ0n) is 14.8. The van der Waals surface area contributed by atoms with Crippen LogP contribution in [0.2, 0.25) is 0 Å². The van der Waals surface area contributed by atoms with Crippen LogP contribution in [0.3, 0.4) is 0 Å². The Morgan fingerprint density at radius 1 is 1.16 bits per heavy atom. The van der Waals surface area contributed by atoms with Crippen LogP contribution in [0.4, 0.5) is 0 Å². The molecule has 0 aliphatic heterocycles. The maximum Gasteiger partial charge on any atom is 0.177 e. The van der Waals surface area contributed by atoms with Crippen molar-refractivity contribution in [2.75, 3.05) is 7.05 Å². The van der Waals surface area contributed by atoms with Gasteiger partial charge in [0.05, 0.1) is 17.8 Å². The van der Waals surface area contributed by atoms with Crippen molar-refractivity contribution >= 4 is 16.9 Å². The number of pyridine rings is 2. The third-order valence-corrected chi connectivity index (χ3v) is 4.25. The Morgan fingerprint density at radius 3 is 2.76 bits per heavy atom. The Balaban J connectivity index is 1.66. The van der Waals surface area contributed by atoms with E-state index < -0.39 is 0 Å². The van der Waals surface area contributed by atoms with Crippen LogP contribution in [-0.4, -0.2) is 37.6 Å². The largest absolute Gasteiger partial charge is 0.340 e. The van der Waals surface area contributed by atoms with Gasteiger partial charge in [0.25, 0.3) is 0 Å². The summed E-state index contributed by atoms with van der Waals surface area (Å²) in [5.74, 6) is 0.904. The van der Waals surface area contributed by atoms with Gasteiger partial charge in [0.2, 0.25) is 0 Å². The smallest absolute Gasteiger partial charge is 0.177 e. The van der Waals surface area contributed by atoms with E-state index in [-0.39, 0.29) is 0 Å². The molecule has 0 spiro atoms. The van der Waals surface area contributed by atoms with E-state index in [4.69, 9.17) is 5.41 Å². The van der Waals surface area contributed by atoms with E-state index >= 15 is 0 Å². The summed E-state index contributed by atoms with van der Waals surface area (Å²) >= 11 is 0. The SMILES string of the molecule is CCC(=N)CCc1cccnc1CN(C)Cc1nc2ncccc2[nH]1. The van der Waals surface area contributed by atoms with Crippen LogP contribution in [0, 0.1) is 5.41 Å². The van der Waals surface area contributed by atoms with Gasteiger partial charge in [-0.1, -0.05) is 13.0 Å². The molecule has 0 aliphatic rings. The van der Waals surface area contributed by atoms with Gasteiger partial charge >= 0.3 is 0 Å². The summed E-state index contributed by atoms with van der Waals surface area (Å²) in [6, 6.07) is 7.98. The molecule has 0 saturated carbocycles. The molecule has 25 heavy (non-hydrogen) atoms. The van der Waals surface area contributed by atoms with Crippen molar-refractivity contribution in [3.8, 4) is 0 Å². The second-order valence-corrected chi connectivity index (χ2v) is 6.30. The number of aromatic amines is 1. The summed E-state index contributed by atoms with van der Waals surface area (Å²) in [5, 5.41) is 7.85. The molecule has 3 heterocycles. The van der Waals surface area contributed by atoms with Crippen LogP contribution in [0.1, 0.15) is 36.8 Å². The van der Waals surface area contributed by atoms with Gasteiger partial charge < -0.3 is 10.4 Å². The maximum absolute atomic E-state index is 7.85. The third-order valence-electron chi connectivity index (χ3n) is 4.25. The van der Waals surface area contributed by atoms with E-state index in [2.05, 4.69) is 37.9 Å². The summed E-state index contributed by atoms with van der Waals surface area (Å²) in [6.07, 6.45) is 6.08. The Labute approximate surface area is 147 Å². The van der Waals surface area contributed by atoms with Crippen molar-refractivity contribution in [1.82, 2.24) is 24.8 Å². The minimum Gasteiger partial charge on any atom is -0.340 e. The molecule has 0 amide bonds. The highest BCUT2D eigenvalue weighted by Crippen LogP contribution is 2.14. The quantitative estimate of drug-likeness (QED) is 0.618. The van der Waals surface area contributed by atoms with Crippen molar-refractivity contribution in [2.24, 2.45) is 0 Å². The molecule has 0 aromatic carbocycles. The number of hydrogen-bond donors (Lipinski definition) is 2. The normalized spacial score (nSPS) is 11.3. The molecular formula is C19H24N6. The first-order valence-electron chi connectivity index (χ1n) is 8.63. The molecular weight excluding hydrogens is 312 g/mol. The molecule has 3 aromatic heterocycles. The highest BCUT2D eigenvalue weighted by atomic mass is 15.1. The fourth-order valence-corrected chi connectivity index (χ4v) is 2.84. The minimum absolute atomic E-state index is 0.706. The summed E-state index contributed by atoms with van der Waals surface area (Å²) in [4.78, 5) is 18.8. The van der Waals surface area contributed by atoms with Crippen LogP contribution in [0.5, 0.6) is 0 Å². The van der Waals surface area contributed by atoms with Crippen molar-refractivity contribution in [2.45, 2.75) is 39.3 Å². The lowest BCUT2D eigenvalue weighted by molar-refractivity contribution is 0.307. The fraction of sp³-hybridized carbons (Fsp3) is 0.368. The molecule has 6 nitrogen and oxygen atoms in total.